The summed E-state index contributed by atoms with van der Waals surface area (Å²) < 4.78 is 0.748. The molecule has 7 heteroatoms. The molecule has 0 aliphatic rings. The number of ketones is 1. The Hall–Kier alpha value is -2.93. The van der Waals surface area contributed by atoms with E-state index in [4.69, 9.17) is 22.0 Å². The Bertz CT molecular complexity index is 858. The van der Waals surface area contributed by atoms with E-state index < -0.39 is 11.8 Å². The van der Waals surface area contributed by atoms with Crippen LogP contribution in [0.3, 0.4) is 0 Å². The number of nitrogens with two attached hydrogens (primary N) is 2. The number of allylic oxidation sites excluding steroid dienone is 1. The van der Waals surface area contributed by atoms with Crippen LogP contribution in [0.2, 0.25) is 0 Å². The first-order valence-corrected chi connectivity index (χ1v) is 7.58. The van der Waals surface area contributed by atoms with Gasteiger partial charge in [0.1, 0.15) is 5.71 Å². The first kappa shape index (κ1) is 17.4. The molecule has 0 saturated heterocycles. The van der Waals surface area contributed by atoms with Gasteiger partial charge in [-0.25, -0.2) is 4.79 Å². The Morgan fingerprint density at radius 1 is 1.08 bits per heavy atom. The zero-order valence-electron chi connectivity index (χ0n) is 12.4. The van der Waals surface area contributed by atoms with E-state index in [-0.39, 0.29) is 17.0 Å². The molecule has 24 heavy (non-hydrogen) atoms. The second-order valence-electron chi connectivity index (χ2n) is 4.95. The number of anilines is 1. The molecular formula is C17H14BrN3O3. The van der Waals surface area contributed by atoms with Gasteiger partial charge >= 0.3 is 5.97 Å². The molecule has 0 bridgehead atoms. The van der Waals surface area contributed by atoms with Crippen LogP contribution < -0.4 is 11.5 Å². The van der Waals surface area contributed by atoms with Crippen molar-refractivity contribution in [1.82, 2.24) is 0 Å². The second kappa shape index (κ2) is 7.10. The standard InChI is InChI=1S/C17H14BrN3O3/c18-11-5-6-12(14(20)7-11)16(21)15(22)8-13(19)9-1-3-10(4-2-9)17(23)24/h1-8,21H,19-20H2,(H,23,24). The summed E-state index contributed by atoms with van der Waals surface area (Å²) in [5, 5.41) is 16.8. The molecule has 0 amide bonds. The minimum absolute atomic E-state index is 0.119. The van der Waals surface area contributed by atoms with E-state index in [9.17, 15) is 9.59 Å². The molecule has 0 fully saturated rings. The van der Waals surface area contributed by atoms with Gasteiger partial charge in [0.15, 0.2) is 0 Å². The van der Waals surface area contributed by atoms with Gasteiger partial charge in [-0.05, 0) is 35.9 Å². The Kier molecular flexibility index (Phi) is 5.15. The van der Waals surface area contributed by atoms with E-state index in [1.54, 1.807) is 18.2 Å². The maximum Gasteiger partial charge on any atom is 0.335 e. The summed E-state index contributed by atoms with van der Waals surface area (Å²) in [7, 11) is 0. The van der Waals surface area contributed by atoms with Crippen molar-refractivity contribution in [1.29, 1.82) is 5.41 Å². The molecule has 0 aliphatic carbocycles. The highest BCUT2D eigenvalue weighted by Crippen LogP contribution is 2.20. The molecule has 0 aliphatic heterocycles. The number of hydrogen-bond donors (Lipinski definition) is 4. The Morgan fingerprint density at radius 3 is 2.21 bits per heavy atom. The molecule has 2 aromatic carbocycles. The van der Waals surface area contributed by atoms with Crippen LogP contribution >= 0.6 is 15.9 Å². The highest BCUT2D eigenvalue weighted by Gasteiger charge is 2.14. The van der Waals surface area contributed by atoms with E-state index in [1.165, 1.54) is 24.3 Å². The van der Waals surface area contributed by atoms with Crippen molar-refractivity contribution in [3.05, 3.63) is 69.7 Å². The third kappa shape index (κ3) is 3.88. The molecule has 2 rings (SSSR count). The molecule has 0 unspecified atom stereocenters. The van der Waals surface area contributed by atoms with Crippen molar-refractivity contribution in [3.63, 3.8) is 0 Å². The Morgan fingerprint density at radius 2 is 1.67 bits per heavy atom. The van der Waals surface area contributed by atoms with Crippen LogP contribution in [0.25, 0.3) is 5.70 Å². The number of rotatable bonds is 5. The number of hydrogen-bond acceptors (Lipinski definition) is 5. The number of nitrogen functional groups attached to an aromatic ring is 1. The SMILES string of the molecule is N=C(C(=O)C=C(N)c1ccc(C(=O)O)cc1)c1ccc(Br)cc1N. The number of carbonyl (C=O) groups excluding carboxylic acids is 1. The van der Waals surface area contributed by atoms with Gasteiger partial charge in [0.25, 0.3) is 0 Å². The molecule has 6 nitrogen and oxygen atoms in total. The van der Waals surface area contributed by atoms with Crippen LogP contribution in [-0.2, 0) is 4.79 Å². The number of halogens is 1. The van der Waals surface area contributed by atoms with Gasteiger partial charge in [0.05, 0.1) is 5.56 Å². The lowest BCUT2D eigenvalue weighted by atomic mass is 10.0. The largest absolute Gasteiger partial charge is 0.478 e. The topological polar surface area (TPSA) is 130 Å². The molecule has 0 saturated carbocycles. The summed E-state index contributed by atoms with van der Waals surface area (Å²) in [4.78, 5) is 23.0. The summed E-state index contributed by atoms with van der Waals surface area (Å²) in [5.41, 5.74) is 12.8. The number of benzene rings is 2. The van der Waals surface area contributed by atoms with E-state index in [0.717, 1.165) is 10.5 Å². The van der Waals surface area contributed by atoms with Gasteiger partial charge in [-0.15, -0.1) is 0 Å². The van der Waals surface area contributed by atoms with E-state index in [0.29, 0.717) is 16.8 Å². The zero-order valence-corrected chi connectivity index (χ0v) is 14.0. The van der Waals surface area contributed by atoms with Crippen molar-refractivity contribution in [2.24, 2.45) is 5.73 Å². The molecule has 0 aromatic heterocycles. The van der Waals surface area contributed by atoms with Crippen LogP contribution in [0.15, 0.2) is 53.0 Å². The first-order chi connectivity index (χ1) is 11.3. The lowest BCUT2D eigenvalue weighted by Gasteiger charge is -2.06. The number of carboxylic acid groups (broad SMARTS) is 1. The summed E-state index contributed by atoms with van der Waals surface area (Å²) in [6.45, 7) is 0. The average Bonchev–Trinajstić information content (AvgIpc) is 2.54. The fraction of sp³-hybridized carbons (Fsp3) is 0. The normalized spacial score (nSPS) is 11.1. The van der Waals surface area contributed by atoms with Gasteiger partial charge in [-0.2, -0.15) is 0 Å². The predicted molar refractivity (Wildman–Crippen MR) is 96.0 cm³/mol. The molecule has 0 atom stereocenters. The van der Waals surface area contributed by atoms with E-state index >= 15 is 0 Å². The van der Waals surface area contributed by atoms with Crippen LogP contribution in [0, 0.1) is 5.41 Å². The van der Waals surface area contributed by atoms with E-state index in [2.05, 4.69) is 15.9 Å². The highest BCUT2D eigenvalue weighted by atomic mass is 79.9. The molecule has 0 radical (unpaired) electrons. The minimum Gasteiger partial charge on any atom is -0.478 e. The molecule has 2 aromatic rings. The number of nitrogens with one attached hydrogen (secondary N) is 1. The fourth-order valence-electron chi connectivity index (χ4n) is 2.00. The minimum atomic E-state index is -1.05. The fourth-order valence-corrected chi connectivity index (χ4v) is 2.37. The van der Waals surface area contributed by atoms with E-state index in [1.807, 2.05) is 0 Å². The van der Waals surface area contributed by atoms with Gasteiger partial charge < -0.3 is 16.6 Å². The van der Waals surface area contributed by atoms with Gasteiger partial charge in [-0.1, -0.05) is 28.1 Å². The van der Waals surface area contributed by atoms with Crippen molar-refractivity contribution in [3.8, 4) is 0 Å². The monoisotopic (exact) mass is 387 g/mol. The maximum absolute atomic E-state index is 12.2. The van der Waals surface area contributed by atoms with Gasteiger partial charge in [0, 0.05) is 27.5 Å². The smallest absolute Gasteiger partial charge is 0.335 e. The Balaban J connectivity index is 2.24. The number of aromatic carboxylic acids is 1. The van der Waals surface area contributed by atoms with Crippen molar-refractivity contribution >= 4 is 44.8 Å². The highest BCUT2D eigenvalue weighted by molar-refractivity contribution is 9.10. The Labute approximate surface area is 146 Å². The predicted octanol–water partition coefficient (Wildman–Crippen LogP) is 2.67. The number of carboxylic acids is 1. The van der Waals surface area contributed by atoms with Crippen LogP contribution in [0.4, 0.5) is 5.69 Å². The molecule has 0 spiro atoms. The third-order valence-electron chi connectivity index (χ3n) is 3.28. The van der Waals surface area contributed by atoms with Crippen molar-refractivity contribution in [2.75, 3.05) is 5.73 Å². The van der Waals surface area contributed by atoms with Gasteiger partial charge in [-0.3, -0.25) is 10.2 Å². The average molecular weight is 388 g/mol. The molecule has 6 N–H and O–H groups in total. The van der Waals surface area contributed by atoms with Crippen molar-refractivity contribution < 1.29 is 14.7 Å². The quantitative estimate of drug-likeness (QED) is 0.355. The maximum atomic E-state index is 12.2. The lowest BCUT2D eigenvalue weighted by Crippen LogP contribution is -2.15. The van der Waals surface area contributed by atoms with Crippen LogP contribution in [0.1, 0.15) is 21.5 Å². The summed E-state index contributed by atoms with van der Waals surface area (Å²) in [5.74, 6) is -1.64. The summed E-state index contributed by atoms with van der Waals surface area (Å²) in [6.07, 6.45) is 1.12. The first-order valence-electron chi connectivity index (χ1n) is 6.78. The number of carbonyl (C=O) groups is 2. The second-order valence-corrected chi connectivity index (χ2v) is 5.87. The molecular weight excluding hydrogens is 374 g/mol. The van der Waals surface area contributed by atoms with Crippen LogP contribution in [0.5, 0.6) is 0 Å². The van der Waals surface area contributed by atoms with Crippen LogP contribution in [-0.4, -0.2) is 22.6 Å². The summed E-state index contributed by atoms with van der Waals surface area (Å²) >= 11 is 3.26. The molecule has 122 valence electrons. The third-order valence-corrected chi connectivity index (χ3v) is 3.77. The van der Waals surface area contributed by atoms with Crippen molar-refractivity contribution in [2.45, 2.75) is 0 Å². The molecule has 0 heterocycles. The lowest BCUT2D eigenvalue weighted by molar-refractivity contribution is -0.108. The summed E-state index contributed by atoms with van der Waals surface area (Å²) in [6, 6.07) is 10.6. The van der Waals surface area contributed by atoms with Gasteiger partial charge in [0.2, 0.25) is 5.78 Å². The zero-order chi connectivity index (χ0) is 17.9.